The summed E-state index contributed by atoms with van der Waals surface area (Å²) in [6.07, 6.45) is -4.27. The Morgan fingerprint density at radius 3 is 2.67 bits per heavy atom. The van der Waals surface area contributed by atoms with Gasteiger partial charge in [-0.05, 0) is 0 Å². The van der Waals surface area contributed by atoms with Crippen molar-refractivity contribution >= 4 is 13.7 Å². The van der Waals surface area contributed by atoms with Crippen molar-refractivity contribution in [1.29, 1.82) is 0 Å². The van der Waals surface area contributed by atoms with Crippen LogP contribution in [0.4, 0.5) is 0 Å². The van der Waals surface area contributed by atoms with Crippen LogP contribution in [-0.2, 0) is 13.8 Å². The normalized spacial score (nSPS) is 29.7. The molecule has 6 N–H and O–H groups in total. The first-order chi connectivity index (χ1) is 9.69. The number of hydrogen-bond acceptors (Lipinski definition) is 8. The van der Waals surface area contributed by atoms with Crippen LogP contribution in [0.2, 0.25) is 0 Å². The Morgan fingerprint density at radius 1 is 1.48 bits per heavy atom. The van der Waals surface area contributed by atoms with Gasteiger partial charge in [0.2, 0.25) is 5.82 Å². The van der Waals surface area contributed by atoms with Crippen LogP contribution in [-0.4, -0.2) is 65.6 Å². The quantitative estimate of drug-likeness (QED) is 0.351. The molecule has 0 saturated carbocycles. The number of aliphatic hydroxyl groups excluding tert-OH is 2. The van der Waals surface area contributed by atoms with Crippen molar-refractivity contribution in [3.05, 3.63) is 12.2 Å². The van der Waals surface area contributed by atoms with Gasteiger partial charge in [0, 0.05) is 0 Å². The molecule has 12 nitrogen and oxygen atoms in total. The second-order valence-corrected chi connectivity index (χ2v) is 5.48. The highest BCUT2D eigenvalue weighted by molar-refractivity contribution is 7.46. The van der Waals surface area contributed by atoms with Gasteiger partial charge in [-0.25, -0.2) is 14.2 Å². The van der Waals surface area contributed by atoms with Gasteiger partial charge < -0.3 is 30.5 Å². The molecule has 1 fully saturated rings. The summed E-state index contributed by atoms with van der Waals surface area (Å²) in [5, 5.41) is 23.2. The number of hydrogen-bond donors (Lipinski definition) is 5. The van der Waals surface area contributed by atoms with Crippen molar-refractivity contribution in [2.75, 3.05) is 6.61 Å². The number of phosphoric acid groups is 1. The van der Waals surface area contributed by atoms with Crippen LogP contribution in [0, 0.1) is 0 Å². The molecule has 1 aromatic rings. The first kappa shape index (κ1) is 16.0. The molecule has 0 bridgehead atoms. The number of nitrogens with zero attached hydrogens (tertiary/aromatic N) is 3. The molecule has 0 radical (unpaired) electrons. The molecule has 2 heterocycles. The van der Waals surface area contributed by atoms with E-state index in [1.165, 1.54) is 0 Å². The Morgan fingerprint density at radius 2 is 2.14 bits per heavy atom. The number of phosphoric ester groups is 1. The average Bonchev–Trinajstić information content (AvgIpc) is 2.94. The monoisotopic (exact) mass is 324 g/mol. The number of aliphatic hydroxyl groups is 2. The maximum absolute atomic E-state index is 10.9. The summed E-state index contributed by atoms with van der Waals surface area (Å²) in [5.74, 6) is -1.20. The molecule has 21 heavy (non-hydrogen) atoms. The fourth-order valence-corrected chi connectivity index (χ4v) is 2.11. The summed E-state index contributed by atoms with van der Waals surface area (Å²) in [4.78, 5) is 31.6. The van der Waals surface area contributed by atoms with Crippen LogP contribution >= 0.6 is 7.82 Å². The first-order valence-electron chi connectivity index (χ1n) is 5.61. The van der Waals surface area contributed by atoms with E-state index in [0.717, 1.165) is 11.0 Å². The topological polar surface area (TPSA) is 190 Å². The van der Waals surface area contributed by atoms with Crippen molar-refractivity contribution in [1.82, 2.24) is 14.8 Å². The maximum Gasteiger partial charge on any atom is 0.469 e. The van der Waals surface area contributed by atoms with Gasteiger partial charge in [-0.3, -0.25) is 9.32 Å². The van der Waals surface area contributed by atoms with Gasteiger partial charge in [0.1, 0.15) is 24.6 Å². The standard InChI is InChI=1S/C8H13N4O8P/c9-6(15)7-10-2-12(11-7)8-5(14)4(13)3(20-8)1-19-21(16,17)18/h2-5,8,13-14H,1H2,(H2,9,15)(H2,16,17,18)/t3-,4?,5?,8?/m1/s1. The molecule has 1 amide bonds. The minimum atomic E-state index is -4.73. The maximum atomic E-state index is 10.9. The molecule has 13 heteroatoms. The summed E-state index contributed by atoms with van der Waals surface area (Å²) < 4.78 is 21.0. The number of carbonyl (C=O) groups excluding carboxylic acids is 1. The third kappa shape index (κ3) is 3.63. The summed E-state index contributed by atoms with van der Waals surface area (Å²) in [6, 6.07) is 0. The lowest BCUT2D eigenvalue weighted by Crippen LogP contribution is -2.33. The van der Waals surface area contributed by atoms with Crippen LogP contribution in [0.1, 0.15) is 16.8 Å². The molecule has 0 spiro atoms. The highest BCUT2D eigenvalue weighted by atomic mass is 31.2. The predicted octanol–water partition coefficient (Wildman–Crippen LogP) is -2.89. The zero-order valence-corrected chi connectivity index (χ0v) is 11.3. The van der Waals surface area contributed by atoms with Gasteiger partial charge in [0.15, 0.2) is 6.23 Å². The number of primary amides is 1. The van der Waals surface area contributed by atoms with Crippen LogP contribution < -0.4 is 5.73 Å². The van der Waals surface area contributed by atoms with Gasteiger partial charge in [-0.1, -0.05) is 0 Å². The Bertz CT molecular complexity index is 572. The third-order valence-corrected chi connectivity index (χ3v) is 3.22. The van der Waals surface area contributed by atoms with Crippen LogP contribution in [0.5, 0.6) is 0 Å². The molecule has 1 aromatic heterocycles. The van der Waals surface area contributed by atoms with Crippen molar-refractivity contribution in [3.8, 4) is 0 Å². The number of amides is 1. The van der Waals surface area contributed by atoms with E-state index in [0.29, 0.717) is 0 Å². The minimum absolute atomic E-state index is 0.310. The van der Waals surface area contributed by atoms with Gasteiger partial charge in [-0.2, -0.15) is 0 Å². The van der Waals surface area contributed by atoms with E-state index in [-0.39, 0.29) is 5.82 Å². The van der Waals surface area contributed by atoms with E-state index in [2.05, 4.69) is 14.6 Å². The predicted molar refractivity (Wildman–Crippen MR) is 62.5 cm³/mol. The lowest BCUT2D eigenvalue weighted by atomic mass is 10.1. The molecule has 1 aliphatic rings. The molecule has 1 saturated heterocycles. The van der Waals surface area contributed by atoms with E-state index < -0.39 is 44.9 Å². The number of carbonyl (C=O) groups is 1. The molecule has 0 aromatic carbocycles. The molecule has 2 rings (SSSR count). The van der Waals surface area contributed by atoms with Crippen LogP contribution in [0.3, 0.4) is 0 Å². The highest BCUT2D eigenvalue weighted by Crippen LogP contribution is 2.38. The number of aromatic nitrogens is 3. The lowest BCUT2D eigenvalue weighted by molar-refractivity contribution is -0.0581. The number of rotatable bonds is 5. The second kappa shape index (κ2) is 5.77. The minimum Gasteiger partial charge on any atom is -0.387 e. The van der Waals surface area contributed by atoms with E-state index in [4.69, 9.17) is 20.3 Å². The fourth-order valence-electron chi connectivity index (χ4n) is 1.77. The van der Waals surface area contributed by atoms with Crippen molar-refractivity contribution in [3.63, 3.8) is 0 Å². The molecule has 118 valence electrons. The fraction of sp³-hybridized carbons (Fsp3) is 0.625. The lowest BCUT2D eigenvalue weighted by Gasteiger charge is -2.14. The summed E-state index contributed by atoms with van der Waals surface area (Å²) >= 11 is 0. The Kier molecular flexibility index (Phi) is 4.39. The largest absolute Gasteiger partial charge is 0.469 e. The molecule has 1 aliphatic heterocycles. The highest BCUT2D eigenvalue weighted by Gasteiger charge is 2.45. The summed E-state index contributed by atoms with van der Waals surface area (Å²) in [7, 11) is -4.73. The summed E-state index contributed by atoms with van der Waals surface area (Å²) in [6.45, 7) is -0.642. The SMILES string of the molecule is NC(=O)c1ncn(C2O[C@H](COP(=O)(O)O)C(O)C2O)n1. The number of nitrogens with two attached hydrogens (primary N) is 1. The van der Waals surface area contributed by atoms with Gasteiger partial charge in [-0.15, -0.1) is 5.10 Å². The molecule has 3 unspecified atom stereocenters. The molecule has 0 aliphatic carbocycles. The smallest absolute Gasteiger partial charge is 0.387 e. The van der Waals surface area contributed by atoms with Crippen molar-refractivity contribution in [2.45, 2.75) is 24.5 Å². The zero-order valence-electron chi connectivity index (χ0n) is 10.4. The Labute approximate surface area is 117 Å². The summed E-state index contributed by atoms with van der Waals surface area (Å²) in [5.41, 5.74) is 4.97. The molecular formula is C8H13N4O8P. The van der Waals surface area contributed by atoms with E-state index in [9.17, 15) is 19.6 Å². The van der Waals surface area contributed by atoms with Crippen molar-refractivity contribution in [2.24, 2.45) is 5.73 Å². The molecule has 4 atom stereocenters. The Hall–Kier alpha value is -1.40. The van der Waals surface area contributed by atoms with Gasteiger partial charge in [0.05, 0.1) is 6.61 Å². The second-order valence-electron chi connectivity index (χ2n) is 4.25. The average molecular weight is 324 g/mol. The van der Waals surface area contributed by atoms with Crippen LogP contribution in [0.25, 0.3) is 0 Å². The van der Waals surface area contributed by atoms with E-state index in [1.54, 1.807) is 0 Å². The number of ether oxygens (including phenoxy) is 1. The zero-order chi connectivity index (χ0) is 15.8. The third-order valence-electron chi connectivity index (χ3n) is 2.73. The molecular weight excluding hydrogens is 311 g/mol. The van der Waals surface area contributed by atoms with Crippen molar-refractivity contribution < 1.29 is 38.6 Å². The van der Waals surface area contributed by atoms with Gasteiger partial charge >= 0.3 is 7.82 Å². The van der Waals surface area contributed by atoms with E-state index in [1.807, 2.05) is 0 Å². The first-order valence-corrected chi connectivity index (χ1v) is 7.14. The Balaban J connectivity index is 2.08. The van der Waals surface area contributed by atoms with Crippen LogP contribution in [0.15, 0.2) is 6.33 Å². The van der Waals surface area contributed by atoms with E-state index >= 15 is 0 Å². The van der Waals surface area contributed by atoms with Gasteiger partial charge in [0.25, 0.3) is 5.91 Å².